The Kier molecular flexibility index (Phi) is 5.34. The lowest BCUT2D eigenvalue weighted by molar-refractivity contribution is -0.155. The lowest BCUT2D eigenvalue weighted by Gasteiger charge is -2.44. The molecule has 2 unspecified atom stereocenters. The van der Waals surface area contributed by atoms with E-state index in [0.29, 0.717) is 30.1 Å². The van der Waals surface area contributed by atoms with Crippen LogP contribution in [0.5, 0.6) is 0 Å². The topological polar surface area (TPSA) is 69.5 Å². The molecule has 3 fully saturated rings. The number of piperazine rings is 1. The van der Waals surface area contributed by atoms with E-state index in [0.717, 1.165) is 31.5 Å². The summed E-state index contributed by atoms with van der Waals surface area (Å²) in [5.41, 5.74) is 0.422. The Morgan fingerprint density at radius 2 is 2.09 bits per heavy atom. The molecule has 1 saturated carbocycles. The molecular weight excluding hydrogens is 407 g/mol. The molecule has 1 aromatic heterocycles. The van der Waals surface area contributed by atoms with E-state index in [1.165, 1.54) is 6.07 Å². The van der Waals surface area contributed by atoms with Gasteiger partial charge in [-0.15, -0.1) is 0 Å². The summed E-state index contributed by atoms with van der Waals surface area (Å²) in [7, 11) is 0. The minimum absolute atomic E-state index is 0.0305. The third-order valence-corrected chi connectivity index (χ3v) is 7.38. The lowest BCUT2D eigenvalue weighted by atomic mass is 9.74. The highest BCUT2D eigenvalue weighted by atomic mass is 19.1. The molecule has 5 rings (SSSR count). The number of halogens is 1. The summed E-state index contributed by atoms with van der Waals surface area (Å²) in [6, 6.07) is 12.9. The fourth-order valence-corrected chi connectivity index (χ4v) is 5.51. The third kappa shape index (κ3) is 3.53. The zero-order valence-electron chi connectivity index (χ0n) is 18.2. The molecule has 166 valence electrons. The third-order valence-electron chi connectivity index (χ3n) is 7.38. The Labute approximate surface area is 187 Å². The monoisotopic (exact) mass is 434 g/mol. The van der Waals surface area contributed by atoms with Crippen molar-refractivity contribution in [3.8, 4) is 6.07 Å². The van der Waals surface area contributed by atoms with Gasteiger partial charge in [-0.2, -0.15) is 5.26 Å². The average molecular weight is 435 g/mol. The number of anilines is 1. The second-order valence-electron chi connectivity index (χ2n) is 9.27. The SMILES string of the molecule is C[C@H]1CC2CN(C(=O)COC3(c4ccccc4F)CCC3)CC1N2c1ccc(C#N)cn1. The summed E-state index contributed by atoms with van der Waals surface area (Å²) < 4.78 is 20.5. The molecule has 2 aliphatic heterocycles. The Balaban J connectivity index is 1.26. The molecule has 0 radical (unpaired) electrons. The van der Waals surface area contributed by atoms with Crippen LogP contribution in [0.1, 0.15) is 43.7 Å². The van der Waals surface area contributed by atoms with Crippen molar-refractivity contribution in [2.75, 3.05) is 24.6 Å². The van der Waals surface area contributed by atoms with Crippen molar-refractivity contribution >= 4 is 11.7 Å². The molecule has 7 heteroatoms. The first-order chi connectivity index (χ1) is 15.5. The van der Waals surface area contributed by atoms with Gasteiger partial charge in [0.25, 0.3) is 0 Å². The van der Waals surface area contributed by atoms with Crippen LogP contribution in [0, 0.1) is 23.1 Å². The van der Waals surface area contributed by atoms with Crippen molar-refractivity contribution < 1.29 is 13.9 Å². The van der Waals surface area contributed by atoms with Crippen molar-refractivity contribution in [1.29, 1.82) is 5.26 Å². The maximum atomic E-state index is 14.4. The van der Waals surface area contributed by atoms with Crippen LogP contribution in [0.3, 0.4) is 0 Å². The molecule has 2 aromatic rings. The van der Waals surface area contributed by atoms with Crippen LogP contribution in [-0.2, 0) is 15.1 Å². The van der Waals surface area contributed by atoms with E-state index in [4.69, 9.17) is 10.00 Å². The van der Waals surface area contributed by atoms with Crippen molar-refractivity contribution in [2.24, 2.45) is 5.92 Å². The molecule has 2 saturated heterocycles. The smallest absolute Gasteiger partial charge is 0.248 e. The van der Waals surface area contributed by atoms with E-state index in [1.807, 2.05) is 17.0 Å². The van der Waals surface area contributed by atoms with Crippen molar-refractivity contribution in [3.05, 3.63) is 59.5 Å². The maximum absolute atomic E-state index is 14.4. The lowest BCUT2D eigenvalue weighted by Crippen LogP contribution is -2.57. The molecule has 1 amide bonds. The van der Waals surface area contributed by atoms with Gasteiger partial charge in [0.15, 0.2) is 0 Å². The number of hydrogen-bond donors (Lipinski definition) is 0. The Morgan fingerprint density at radius 3 is 2.72 bits per heavy atom. The molecule has 3 aliphatic rings. The number of nitriles is 1. The van der Waals surface area contributed by atoms with Crippen LogP contribution in [0.25, 0.3) is 0 Å². The van der Waals surface area contributed by atoms with Gasteiger partial charge in [0.2, 0.25) is 5.91 Å². The molecule has 1 aliphatic carbocycles. The van der Waals surface area contributed by atoms with Gasteiger partial charge in [0.05, 0.1) is 17.2 Å². The number of amides is 1. The summed E-state index contributed by atoms with van der Waals surface area (Å²) >= 11 is 0. The largest absolute Gasteiger partial charge is 0.360 e. The summed E-state index contributed by atoms with van der Waals surface area (Å²) in [6.45, 7) is 3.43. The van der Waals surface area contributed by atoms with Crippen molar-refractivity contribution in [1.82, 2.24) is 9.88 Å². The normalized spacial score (nSPS) is 25.8. The van der Waals surface area contributed by atoms with Gasteiger partial charge in [-0.25, -0.2) is 9.37 Å². The number of pyridine rings is 1. The van der Waals surface area contributed by atoms with Gasteiger partial charge in [0, 0.05) is 30.9 Å². The standard InChI is InChI=1S/C25H27FN4O2/c1-17-11-19-14-29(15-22(17)30(19)23-8-7-18(12-27)13-28-23)24(31)16-32-25(9-4-10-25)20-5-2-3-6-21(20)26/h2-3,5-8,13,17,19,22H,4,9-11,14-16H2,1H3/t17-,19?,22?/m0/s1. The van der Waals surface area contributed by atoms with E-state index in [2.05, 4.69) is 22.9 Å². The predicted octanol–water partition coefficient (Wildman–Crippen LogP) is 3.61. The zero-order valence-corrected chi connectivity index (χ0v) is 18.2. The van der Waals surface area contributed by atoms with Crippen molar-refractivity contribution in [2.45, 2.75) is 50.3 Å². The number of ether oxygens (including phenoxy) is 1. The Hall–Kier alpha value is -2.98. The average Bonchev–Trinajstić information content (AvgIpc) is 2.98. The molecule has 0 spiro atoms. The molecule has 32 heavy (non-hydrogen) atoms. The number of likely N-dealkylation sites (tertiary alicyclic amines) is 1. The fraction of sp³-hybridized carbons (Fsp3) is 0.480. The molecular formula is C25H27FN4O2. The first-order valence-electron chi connectivity index (χ1n) is 11.3. The Bertz CT molecular complexity index is 1050. The Morgan fingerprint density at radius 1 is 1.28 bits per heavy atom. The summed E-state index contributed by atoms with van der Waals surface area (Å²) in [6.07, 6.45) is 5.05. The van der Waals surface area contributed by atoms with Gasteiger partial charge in [-0.1, -0.05) is 25.1 Å². The summed E-state index contributed by atoms with van der Waals surface area (Å²) in [4.78, 5) is 21.8. The highest BCUT2D eigenvalue weighted by molar-refractivity contribution is 5.78. The molecule has 3 atom stereocenters. The first kappa shape index (κ1) is 20.9. The number of rotatable bonds is 5. The predicted molar refractivity (Wildman–Crippen MR) is 117 cm³/mol. The van der Waals surface area contributed by atoms with Gasteiger partial charge < -0.3 is 14.5 Å². The van der Waals surface area contributed by atoms with E-state index in [9.17, 15) is 9.18 Å². The van der Waals surface area contributed by atoms with Crippen LogP contribution in [0.4, 0.5) is 10.2 Å². The van der Waals surface area contributed by atoms with Gasteiger partial charge in [-0.3, -0.25) is 4.79 Å². The van der Waals surface area contributed by atoms with Crippen LogP contribution >= 0.6 is 0 Å². The van der Waals surface area contributed by atoms with Gasteiger partial charge in [0.1, 0.15) is 24.3 Å². The van der Waals surface area contributed by atoms with Gasteiger partial charge >= 0.3 is 0 Å². The number of carbonyl (C=O) groups is 1. The number of nitrogens with zero attached hydrogens (tertiary/aromatic N) is 4. The molecule has 3 heterocycles. The van der Waals surface area contributed by atoms with Gasteiger partial charge in [-0.05, 0) is 49.8 Å². The highest BCUT2D eigenvalue weighted by Gasteiger charge is 2.47. The second kappa shape index (κ2) is 8.18. The number of benzene rings is 1. The van der Waals surface area contributed by atoms with Crippen molar-refractivity contribution in [3.63, 3.8) is 0 Å². The van der Waals surface area contributed by atoms with E-state index in [1.54, 1.807) is 24.4 Å². The minimum Gasteiger partial charge on any atom is -0.360 e. The van der Waals surface area contributed by atoms with Crippen LogP contribution < -0.4 is 4.90 Å². The first-order valence-corrected chi connectivity index (χ1v) is 11.3. The number of carbonyl (C=O) groups excluding carboxylic acids is 1. The van der Waals surface area contributed by atoms with Crippen LogP contribution in [0.15, 0.2) is 42.6 Å². The molecule has 6 nitrogen and oxygen atoms in total. The minimum atomic E-state index is -0.679. The summed E-state index contributed by atoms with van der Waals surface area (Å²) in [5, 5.41) is 9.03. The molecule has 0 N–H and O–H groups in total. The fourth-order valence-electron chi connectivity index (χ4n) is 5.51. The van der Waals surface area contributed by atoms with Crippen LogP contribution in [0.2, 0.25) is 0 Å². The number of aromatic nitrogens is 1. The van der Waals surface area contributed by atoms with Crippen LogP contribution in [-0.4, -0.2) is 47.6 Å². The van der Waals surface area contributed by atoms with E-state index < -0.39 is 5.60 Å². The quantitative estimate of drug-likeness (QED) is 0.719. The molecule has 1 aromatic carbocycles. The number of hydrogen-bond acceptors (Lipinski definition) is 5. The number of fused-ring (bicyclic) bond motifs is 2. The van der Waals surface area contributed by atoms with E-state index >= 15 is 0 Å². The maximum Gasteiger partial charge on any atom is 0.248 e. The zero-order chi connectivity index (χ0) is 22.3. The summed E-state index contributed by atoms with van der Waals surface area (Å²) in [5.74, 6) is 0.992. The highest BCUT2D eigenvalue weighted by Crippen LogP contribution is 2.46. The second-order valence-corrected chi connectivity index (χ2v) is 9.27. The van der Waals surface area contributed by atoms with E-state index in [-0.39, 0.29) is 30.4 Å². The molecule has 2 bridgehead atoms.